The number of aromatic hydroxyl groups is 1. The summed E-state index contributed by atoms with van der Waals surface area (Å²) in [4.78, 5) is 10.8. The van der Waals surface area contributed by atoms with Crippen LogP contribution in [0.3, 0.4) is 0 Å². The van der Waals surface area contributed by atoms with Gasteiger partial charge in [-0.05, 0) is 42.5 Å². The van der Waals surface area contributed by atoms with Gasteiger partial charge in [0.05, 0.1) is 4.90 Å². The maximum absolute atomic E-state index is 12.2. The highest BCUT2D eigenvalue weighted by Gasteiger charge is 2.23. The predicted molar refractivity (Wildman–Crippen MR) is 75.7 cm³/mol. The third kappa shape index (κ3) is 3.44. The fourth-order valence-electron chi connectivity index (χ4n) is 1.96. The van der Waals surface area contributed by atoms with Crippen molar-refractivity contribution in [3.63, 3.8) is 0 Å². The van der Waals surface area contributed by atoms with Gasteiger partial charge in [0, 0.05) is 6.04 Å². The van der Waals surface area contributed by atoms with Crippen molar-refractivity contribution in [1.29, 1.82) is 0 Å². The summed E-state index contributed by atoms with van der Waals surface area (Å²) in [7, 11) is -3.77. The monoisotopic (exact) mass is 317 g/mol. The van der Waals surface area contributed by atoms with Gasteiger partial charge in [-0.3, -0.25) is 0 Å². The number of carboxylic acid groups (broad SMARTS) is 1. The molecule has 0 atom stereocenters. The number of carboxylic acids is 1. The Labute approximate surface area is 121 Å². The zero-order chi connectivity index (χ0) is 14.8. The standard InChI is InChI=1S/C12H15NO5S2/c14-11-2-1-9(7-10(11)12(15)16)20(17,18)13-8-3-5-19-6-4-8/h1-2,7-8,13-14H,3-6H2,(H,15,16). The van der Waals surface area contributed by atoms with Crippen LogP contribution in [0, 0.1) is 0 Å². The first-order valence-electron chi connectivity index (χ1n) is 6.06. The number of benzene rings is 1. The van der Waals surface area contributed by atoms with Crippen LogP contribution in [0.15, 0.2) is 23.1 Å². The Bertz CT molecular complexity index is 608. The lowest BCUT2D eigenvalue weighted by molar-refractivity contribution is 0.0693. The van der Waals surface area contributed by atoms with Gasteiger partial charge in [-0.25, -0.2) is 17.9 Å². The summed E-state index contributed by atoms with van der Waals surface area (Å²) in [6.07, 6.45) is 1.52. The van der Waals surface area contributed by atoms with Gasteiger partial charge in [0.25, 0.3) is 0 Å². The molecule has 6 nitrogen and oxygen atoms in total. The van der Waals surface area contributed by atoms with Crippen molar-refractivity contribution in [2.45, 2.75) is 23.8 Å². The average molecular weight is 317 g/mol. The minimum atomic E-state index is -3.77. The highest BCUT2D eigenvalue weighted by Crippen LogP contribution is 2.23. The molecule has 0 saturated carbocycles. The lowest BCUT2D eigenvalue weighted by atomic mass is 10.2. The molecule has 1 heterocycles. The quantitative estimate of drug-likeness (QED) is 0.772. The first-order valence-corrected chi connectivity index (χ1v) is 8.70. The van der Waals surface area contributed by atoms with E-state index in [-0.39, 0.29) is 10.9 Å². The molecule has 0 unspecified atom stereocenters. The van der Waals surface area contributed by atoms with Crippen LogP contribution in [-0.2, 0) is 10.0 Å². The summed E-state index contributed by atoms with van der Waals surface area (Å²) in [6.45, 7) is 0. The topological polar surface area (TPSA) is 104 Å². The van der Waals surface area contributed by atoms with E-state index in [1.165, 1.54) is 6.07 Å². The smallest absolute Gasteiger partial charge is 0.339 e. The van der Waals surface area contributed by atoms with E-state index in [2.05, 4.69) is 4.72 Å². The molecule has 20 heavy (non-hydrogen) atoms. The molecule has 2 rings (SSSR count). The molecule has 1 fully saturated rings. The van der Waals surface area contributed by atoms with Gasteiger partial charge in [-0.15, -0.1) is 0 Å². The molecule has 110 valence electrons. The van der Waals surface area contributed by atoms with Gasteiger partial charge in [0.1, 0.15) is 11.3 Å². The molecule has 0 amide bonds. The normalized spacial score (nSPS) is 17.0. The molecule has 0 aromatic heterocycles. The minimum Gasteiger partial charge on any atom is -0.507 e. The van der Waals surface area contributed by atoms with E-state index in [0.29, 0.717) is 0 Å². The number of carbonyl (C=O) groups is 1. The van der Waals surface area contributed by atoms with Crippen molar-refractivity contribution < 1.29 is 23.4 Å². The number of nitrogens with one attached hydrogen (secondary N) is 1. The predicted octanol–water partition coefficient (Wildman–Crippen LogP) is 1.26. The molecule has 8 heteroatoms. The first-order chi connectivity index (χ1) is 9.40. The van der Waals surface area contributed by atoms with Crippen LogP contribution in [-0.4, -0.2) is 42.1 Å². The van der Waals surface area contributed by atoms with Crippen LogP contribution < -0.4 is 4.72 Å². The largest absolute Gasteiger partial charge is 0.507 e. The van der Waals surface area contributed by atoms with Crippen LogP contribution in [0.5, 0.6) is 5.75 Å². The highest BCUT2D eigenvalue weighted by atomic mass is 32.2. The van der Waals surface area contributed by atoms with Crippen molar-refractivity contribution in [1.82, 2.24) is 4.72 Å². The number of rotatable bonds is 4. The second-order valence-electron chi connectivity index (χ2n) is 4.49. The van der Waals surface area contributed by atoms with Crippen LogP contribution in [0.25, 0.3) is 0 Å². The third-order valence-corrected chi connectivity index (χ3v) is 5.62. The maximum Gasteiger partial charge on any atom is 0.339 e. The van der Waals surface area contributed by atoms with Crippen LogP contribution in [0.2, 0.25) is 0 Å². The molecule has 1 aromatic carbocycles. The Hall–Kier alpha value is -1.25. The Morgan fingerprint density at radius 1 is 1.30 bits per heavy atom. The van der Waals surface area contributed by atoms with Gasteiger partial charge in [-0.1, -0.05) is 0 Å². The molecule has 0 radical (unpaired) electrons. The Morgan fingerprint density at radius 2 is 1.95 bits per heavy atom. The SMILES string of the molecule is O=C(O)c1cc(S(=O)(=O)NC2CCSCC2)ccc1O. The van der Waals surface area contributed by atoms with Gasteiger partial charge in [0.2, 0.25) is 10.0 Å². The Balaban J connectivity index is 2.24. The zero-order valence-corrected chi connectivity index (χ0v) is 12.2. The fraction of sp³-hybridized carbons (Fsp3) is 0.417. The van der Waals surface area contributed by atoms with E-state index < -0.39 is 27.3 Å². The number of aromatic carboxylic acids is 1. The number of sulfonamides is 1. The van der Waals surface area contributed by atoms with Crippen molar-refractivity contribution in [3.05, 3.63) is 23.8 Å². The van der Waals surface area contributed by atoms with Crippen LogP contribution in [0.1, 0.15) is 23.2 Å². The Morgan fingerprint density at radius 3 is 2.55 bits per heavy atom. The number of phenols is 1. The van der Waals surface area contributed by atoms with E-state index in [0.717, 1.165) is 36.5 Å². The van der Waals surface area contributed by atoms with E-state index in [4.69, 9.17) is 5.11 Å². The lowest BCUT2D eigenvalue weighted by Crippen LogP contribution is -2.37. The molecule has 1 aliphatic heterocycles. The minimum absolute atomic E-state index is 0.122. The summed E-state index contributed by atoms with van der Waals surface area (Å²) in [5, 5.41) is 18.3. The van der Waals surface area contributed by atoms with Gasteiger partial charge < -0.3 is 10.2 Å². The van der Waals surface area contributed by atoms with Gasteiger partial charge in [-0.2, -0.15) is 11.8 Å². The van der Waals surface area contributed by atoms with Crippen molar-refractivity contribution in [2.75, 3.05) is 11.5 Å². The van der Waals surface area contributed by atoms with Crippen molar-refractivity contribution in [3.8, 4) is 5.75 Å². The van der Waals surface area contributed by atoms with E-state index in [1.54, 1.807) is 11.8 Å². The van der Waals surface area contributed by atoms with Crippen molar-refractivity contribution >= 4 is 27.8 Å². The zero-order valence-electron chi connectivity index (χ0n) is 10.6. The Kier molecular flexibility index (Phi) is 4.56. The average Bonchev–Trinajstić information content (AvgIpc) is 2.39. The molecule has 0 aliphatic carbocycles. The third-order valence-electron chi connectivity index (χ3n) is 3.05. The van der Waals surface area contributed by atoms with E-state index in [9.17, 15) is 18.3 Å². The molecule has 1 saturated heterocycles. The highest BCUT2D eigenvalue weighted by molar-refractivity contribution is 7.99. The summed E-state index contributed by atoms with van der Waals surface area (Å²) < 4.78 is 27.0. The summed E-state index contributed by atoms with van der Waals surface area (Å²) in [5.74, 6) is -0.00846. The number of thioether (sulfide) groups is 1. The summed E-state index contributed by atoms with van der Waals surface area (Å²) in [6, 6.07) is 3.12. The fourth-order valence-corrected chi connectivity index (χ4v) is 4.39. The number of hydrogen-bond donors (Lipinski definition) is 3. The first kappa shape index (κ1) is 15.1. The van der Waals surface area contributed by atoms with E-state index >= 15 is 0 Å². The molecule has 1 aromatic rings. The molecule has 1 aliphatic rings. The maximum atomic E-state index is 12.2. The molecular weight excluding hydrogens is 302 g/mol. The summed E-state index contributed by atoms with van der Waals surface area (Å²) >= 11 is 1.78. The molecular formula is C12H15NO5S2. The van der Waals surface area contributed by atoms with E-state index in [1.807, 2.05) is 0 Å². The van der Waals surface area contributed by atoms with Crippen molar-refractivity contribution in [2.24, 2.45) is 0 Å². The molecule has 0 spiro atoms. The lowest BCUT2D eigenvalue weighted by Gasteiger charge is -2.22. The second kappa shape index (κ2) is 6.02. The molecule has 3 N–H and O–H groups in total. The van der Waals surface area contributed by atoms with Crippen LogP contribution in [0.4, 0.5) is 0 Å². The summed E-state index contributed by atoms with van der Waals surface area (Å²) in [5.41, 5.74) is -0.424. The second-order valence-corrected chi connectivity index (χ2v) is 7.43. The van der Waals surface area contributed by atoms with Gasteiger partial charge >= 0.3 is 5.97 Å². The molecule has 0 bridgehead atoms. The number of hydrogen-bond acceptors (Lipinski definition) is 5. The van der Waals surface area contributed by atoms with Crippen LogP contribution >= 0.6 is 11.8 Å². The van der Waals surface area contributed by atoms with Gasteiger partial charge in [0.15, 0.2) is 0 Å².